The molecule has 2 N–H and O–H groups in total. The number of hydrogen-bond acceptors (Lipinski definition) is 4. The molecule has 1 aromatic carbocycles. The first kappa shape index (κ1) is 12.3. The molecule has 1 aromatic rings. The second kappa shape index (κ2) is 4.29. The lowest BCUT2D eigenvalue weighted by Gasteiger charge is -2.11. The molecule has 18 heavy (non-hydrogen) atoms. The summed E-state index contributed by atoms with van der Waals surface area (Å²) < 4.78 is 0. The molecule has 0 bridgehead atoms. The minimum Gasteiger partial charge on any atom is -0.478 e. The van der Waals surface area contributed by atoms with Gasteiger partial charge in [0.15, 0.2) is 0 Å². The molecule has 0 spiro atoms. The number of anilines is 1. The summed E-state index contributed by atoms with van der Waals surface area (Å²) in [5, 5.41) is 22.7. The Morgan fingerprint density at radius 2 is 2.22 bits per heavy atom. The van der Waals surface area contributed by atoms with E-state index >= 15 is 0 Å². The summed E-state index contributed by atoms with van der Waals surface area (Å²) >= 11 is 0. The van der Waals surface area contributed by atoms with Crippen LogP contribution in [-0.2, 0) is 0 Å². The van der Waals surface area contributed by atoms with Crippen molar-refractivity contribution in [1.29, 1.82) is 0 Å². The first-order valence-corrected chi connectivity index (χ1v) is 5.67. The summed E-state index contributed by atoms with van der Waals surface area (Å²) in [7, 11) is 0. The van der Waals surface area contributed by atoms with E-state index in [1.54, 1.807) is 0 Å². The molecule has 6 nitrogen and oxygen atoms in total. The van der Waals surface area contributed by atoms with E-state index < -0.39 is 10.9 Å². The molecule has 0 unspecified atom stereocenters. The number of nitro benzene ring substituents is 1. The molecule has 1 aliphatic rings. The molecule has 0 saturated heterocycles. The van der Waals surface area contributed by atoms with Crippen molar-refractivity contribution in [3.05, 3.63) is 33.9 Å². The Bertz CT molecular complexity index is 509. The predicted octanol–water partition coefficient (Wildman–Crippen LogP) is 2.51. The lowest BCUT2D eigenvalue weighted by atomic mass is 10.1. The Morgan fingerprint density at radius 3 is 2.72 bits per heavy atom. The Balaban J connectivity index is 2.22. The Morgan fingerprint density at radius 1 is 1.56 bits per heavy atom. The van der Waals surface area contributed by atoms with Gasteiger partial charge < -0.3 is 10.4 Å². The maximum absolute atomic E-state index is 10.9. The van der Waals surface area contributed by atoms with Gasteiger partial charge in [-0.3, -0.25) is 10.1 Å². The van der Waals surface area contributed by atoms with Crippen LogP contribution < -0.4 is 5.32 Å². The topological polar surface area (TPSA) is 92.5 Å². The fourth-order valence-electron chi connectivity index (χ4n) is 1.66. The molecule has 1 aliphatic carbocycles. The third kappa shape index (κ3) is 2.58. The number of aromatic carboxylic acids is 1. The molecular formula is C12H14N2O4. The normalized spacial score (nSPS) is 16.1. The van der Waals surface area contributed by atoms with Crippen LogP contribution in [0.2, 0.25) is 0 Å². The molecule has 0 aromatic heterocycles. The first-order chi connectivity index (χ1) is 8.41. The summed E-state index contributed by atoms with van der Waals surface area (Å²) in [6.45, 7) is 2.78. The minimum atomic E-state index is -1.17. The average molecular weight is 250 g/mol. The van der Waals surface area contributed by atoms with Crippen LogP contribution in [0.25, 0.3) is 0 Å². The second-order valence-electron chi connectivity index (χ2n) is 4.96. The van der Waals surface area contributed by atoms with Crippen molar-refractivity contribution in [3.63, 3.8) is 0 Å². The fraction of sp³-hybridized carbons (Fsp3) is 0.417. The van der Waals surface area contributed by atoms with Crippen LogP contribution in [0.15, 0.2) is 18.2 Å². The molecule has 1 saturated carbocycles. The molecular weight excluding hydrogens is 236 g/mol. The standard InChI is InChI=1S/C12H14N2O4/c1-12(4-5-12)7-13-9-3-2-8(11(15)16)6-10(9)14(17)18/h2-3,6,13H,4-5,7H2,1H3,(H,15,16). The third-order valence-corrected chi connectivity index (χ3v) is 3.25. The smallest absolute Gasteiger partial charge is 0.335 e. The predicted molar refractivity (Wildman–Crippen MR) is 65.9 cm³/mol. The lowest BCUT2D eigenvalue weighted by molar-refractivity contribution is -0.384. The van der Waals surface area contributed by atoms with Gasteiger partial charge in [-0.1, -0.05) is 6.92 Å². The van der Waals surface area contributed by atoms with Crippen LogP contribution in [-0.4, -0.2) is 22.5 Å². The van der Waals surface area contributed by atoms with Crippen molar-refractivity contribution < 1.29 is 14.8 Å². The second-order valence-corrected chi connectivity index (χ2v) is 4.96. The maximum Gasteiger partial charge on any atom is 0.335 e. The highest BCUT2D eigenvalue weighted by molar-refractivity contribution is 5.89. The van der Waals surface area contributed by atoms with Crippen LogP contribution in [0.5, 0.6) is 0 Å². The van der Waals surface area contributed by atoms with Crippen molar-refractivity contribution in [1.82, 2.24) is 0 Å². The zero-order valence-electron chi connectivity index (χ0n) is 9.97. The van der Waals surface area contributed by atoms with Gasteiger partial charge in [-0.2, -0.15) is 0 Å². The first-order valence-electron chi connectivity index (χ1n) is 5.67. The van der Waals surface area contributed by atoms with Crippen LogP contribution >= 0.6 is 0 Å². The average Bonchev–Trinajstić information content (AvgIpc) is 3.05. The highest BCUT2D eigenvalue weighted by Crippen LogP contribution is 2.45. The van der Waals surface area contributed by atoms with Gasteiger partial charge in [-0.25, -0.2) is 4.79 Å². The summed E-state index contributed by atoms with van der Waals surface area (Å²) in [4.78, 5) is 21.1. The minimum absolute atomic E-state index is 0.0788. The van der Waals surface area contributed by atoms with Gasteiger partial charge in [0, 0.05) is 12.6 Å². The van der Waals surface area contributed by atoms with Crippen LogP contribution in [0.4, 0.5) is 11.4 Å². The zero-order valence-corrected chi connectivity index (χ0v) is 9.97. The molecule has 2 rings (SSSR count). The number of carboxylic acids is 1. The molecule has 96 valence electrons. The quantitative estimate of drug-likeness (QED) is 0.618. The van der Waals surface area contributed by atoms with Gasteiger partial charge in [0.25, 0.3) is 5.69 Å². The fourth-order valence-corrected chi connectivity index (χ4v) is 1.66. The molecule has 0 atom stereocenters. The molecule has 0 amide bonds. The summed E-state index contributed by atoms with van der Waals surface area (Å²) in [6.07, 6.45) is 2.22. The molecule has 6 heteroatoms. The van der Waals surface area contributed by atoms with Gasteiger partial charge in [-0.15, -0.1) is 0 Å². The van der Waals surface area contributed by atoms with E-state index in [0.717, 1.165) is 18.9 Å². The monoisotopic (exact) mass is 250 g/mol. The summed E-state index contributed by atoms with van der Waals surface area (Å²) in [6, 6.07) is 3.90. The van der Waals surface area contributed by atoms with Gasteiger partial charge in [-0.05, 0) is 30.4 Å². The molecule has 1 fully saturated rings. The number of benzene rings is 1. The van der Waals surface area contributed by atoms with Crippen molar-refractivity contribution in [2.24, 2.45) is 5.41 Å². The number of hydrogen-bond donors (Lipinski definition) is 2. The van der Waals surface area contributed by atoms with Crippen molar-refractivity contribution >= 4 is 17.3 Å². The van der Waals surface area contributed by atoms with E-state index in [9.17, 15) is 14.9 Å². The number of carboxylic acid groups (broad SMARTS) is 1. The number of nitrogens with zero attached hydrogens (tertiary/aromatic N) is 1. The Hall–Kier alpha value is -2.11. The molecule has 0 aliphatic heterocycles. The van der Waals surface area contributed by atoms with Crippen LogP contribution in [0.3, 0.4) is 0 Å². The lowest BCUT2D eigenvalue weighted by Crippen LogP contribution is -2.13. The molecule has 0 radical (unpaired) electrons. The van der Waals surface area contributed by atoms with Gasteiger partial charge in [0.2, 0.25) is 0 Å². The van der Waals surface area contributed by atoms with Gasteiger partial charge in [0.05, 0.1) is 10.5 Å². The van der Waals surface area contributed by atoms with Crippen molar-refractivity contribution in [3.8, 4) is 0 Å². The third-order valence-electron chi connectivity index (χ3n) is 3.25. The Labute approximate surface area is 104 Å². The SMILES string of the molecule is CC1(CNc2ccc(C(=O)O)cc2[N+](=O)[O-])CC1. The van der Waals surface area contributed by atoms with Crippen LogP contribution in [0, 0.1) is 15.5 Å². The largest absolute Gasteiger partial charge is 0.478 e. The van der Waals surface area contributed by atoms with E-state index in [-0.39, 0.29) is 16.7 Å². The molecule has 0 heterocycles. The van der Waals surface area contributed by atoms with Gasteiger partial charge >= 0.3 is 5.97 Å². The number of nitro groups is 1. The van der Waals surface area contributed by atoms with Crippen LogP contribution in [0.1, 0.15) is 30.1 Å². The summed E-state index contributed by atoms with van der Waals surface area (Å²) in [5.74, 6) is -1.17. The van der Waals surface area contributed by atoms with E-state index in [1.165, 1.54) is 12.1 Å². The highest BCUT2D eigenvalue weighted by atomic mass is 16.6. The van der Waals surface area contributed by atoms with E-state index in [4.69, 9.17) is 5.11 Å². The van der Waals surface area contributed by atoms with Crippen molar-refractivity contribution in [2.45, 2.75) is 19.8 Å². The number of carbonyl (C=O) groups is 1. The van der Waals surface area contributed by atoms with Gasteiger partial charge in [0.1, 0.15) is 5.69 Å². The number of rotatable bonds is 5. The van der Waals surface area contributed by atoms with Crippen molar-refractivity contribution in [2.75, 3.05) is 11.9 Å². The number of nitrogens with one attached hydrogen (secondary N) is 1. The van der Waals surface area contributed by atoms with E-state index in [1.807, 2.05) is 0 Å². The highest BCUT2D eigenvalue weighted by Gasteiger charge is 2.37. The van der Waals surface area contributed by atoms with E-state index in [2.05, 4.69) is 12.2 Å². The Kier molecular flexibility index (Phi) is 2.94. The zero-order chi connectivity index (χ0) is 13.3. The maximum atomic E-state index is 10.9. The summed E-state index contributed by atoms with van der Waals surface area (Å²) in [5.41, 5.74) is 0.321. The van der Waals surface area contributed by atoms with E-state index in [0.29, 0.717) is 12.2 Å².